The number of Topliss-reactive ketones (excluding diaryl/α,β-unsaturated/α-hetero) is 1. The highest BCUT2D eigenvalue weighted by molar-refractivity contribution is 5.75. The van der Waals surface area contributed by atoms with Crippen molar-refractivity contribution in [2.24, 2.45) is 14.1 Å². The third kappa shape index (κ3) is 2.43. The van der Waals surface area contributed by atoms with E-state index in [0.717, 1.165) is 0 Å². The first kappa shape index (κ1) is 14.2. The molecule has 0 aliphatic carbocycles. The first-order chi connectivity index (χ1) is 9.43. The molecule has 20 heavy (non-hydrogen) atoms. The van der Waals surface area contributed by atoms with Crippen LogP contribution in [0.15, 0.2) is 15.9 Å². The topological polar surface area (TPSA) is 78.9 Å². The Morgan fingerprint density at radius 3 is 2.60 bits per heavy atom. The van der Waals surface area contributed by atoms with Crippen LogP contribution in [0.25, 0.3) is 11.2 Å². The van der Waals surface area contributed by atoms with Gasteiger partial charge in [-0.2, -0.15) is 0 Å². The SMILES string of the molecule is CC(=O)CCCCn1c(=O)c2ncn(C)c2n(C)c1=O. The minimum Gasteiger partial charge on any atom is -0.320 e. The van der Waals surface area contributed by atoms with E-state index in [-0.39, 0.29) is 17.0 Å². The molecule has 0 aliphatic heterocycles. The highest BCUT2D eigenvalue weighted by atomic mass is 16.2. The number of aromatic nitrogens is 4. The van der Waals surface area contributed by atoms with Gasteiger partial charge in [0.05, 0.1) is 6.33 Å². The highest BCUT2D eigenvalue weighted by Gasteiger charge is 2.14. The quantitative estimate of drug-likeness (QED) is 0.731. The predicted molar refractivity (Wildman–Crippen MR) is 74.7 cm³/mol. The summed E-state index contributed by atoms with van der Waals surface area (Å²) in [5.41, 5.74) is 0.0848. The number of carbonyl (C=O) groups is 1. The first-order valence-electron chi connectivity index (χ1n) is 6.53. The van der Waals surface area contributed by atoms with Gasteiger partial charge < -0.3 is 9.36 Å². The molecule has 0 radical (unpaired) electrons. The van der Waals surface area contributed by atoms with Crippen molar-refractivity contribution in [2.45, 2.75) is 32.7 Å². The summed E-state index contributed by atoms with van der Waals surface area (Å²) >= 11 is 0. The number of rotatable bonds is 5. The molecule has 0 aliphatic rings. The molecule has 0 amide bonds. The summed E-state index contributed by atoms with van der Waals surface area (Å²) in [4.78, 5) is 39.4. The van der Waals surface area contributed by atoms with Crippen LogP contribution in [0.4, 0.5) is 0 Å². The second kappa shape index (κ2) is 5.44. The molecule has 2 heterocycles. The molecule has 108 valence electrons. The van der Waals surface area contributed by atoms with Crippen LogP contribution in [0.1, 0.15) is 26.2 Å². The van der Waals surface area contributed by atoms with Crippen LogP contribution >= 0.6 is 0 Å². The molecule has 0 atom stereocenters. The number of carbonyl (C=O) groups excluding carboxylic acids is 1. The van der Waals surface area contributed by atoms with E-state index in [1.165, 1.54) is 22.4 Å². The largest absolute Gasteiger partial charge is 0.332 e. The summed E-state index contributed by atoms with van der Waals surface area (Å²) in [6.07, 6.45) is 3.28. The Bertz CT molecular complexity index is 766. The van der Waals surface area contributed by atoms with E-state index in [4.69, 9.17) is 0 Å². The first-order valence-corrected chi connectivity index (χ1v) is 6.53. The summed E-state index contributed by atoms with van der Waals surface area (Å²) in [7, 11) is 3.36. The molecule has 0 bridgehead atoms. The Morgan fingerprint density at radius 2 is 1.95 bits per heavy atom. The van der Waals surface area contributed by atoms with Gasteiger partial charge in [-0.05, 0) is 19.8 Å². The molecular weight excluding hydrogens is 260 g/mol. The van der Waals surface area contributed by atoms with Gasteiger partial charge in [0.2, 0.25) is 0 Å². The molecule has 0 saturated carbocycles. The Kier molecular flexibility index (Phi) is 3.87. The van der Waals surface area contributed by atoms with E-state index in [1.807, 2.05) is 0 Å². The van der Waals surface area contributed by atoms with Crippen LogP contribution in [0.2, 0.25) is 0 Å². The average Bonchev–Trinajstić information content (AvgIpc) is 2.77. The van der Waals surface area contributed by atoms with E-state index < -0.39 is 0 Å². The van der Waals surface area contributed by atoms with Gasteiger partial charge in [0.25, 0.3) is 5.56 Å². The minimum absolute atomic E-state index is 0.116. The van der Waals surface area contributed by atoms with Gasteiger partial charge in [0.1, 0.15) is 11.4 Å². The Balaban J connectivity index is 2.37. The van der Waals surface area contributed by atoms with Crippen molar-refractivity contribution in [1.82, 2.24) is 18.7 Å². The van der Waals surface area contributed by atoms with Crippen LogP contribution in [0.3, 0.4) is 0 Å². The zero-order valence-electron chi connectivity index (χ0n) is 11.9. The third-order valence-corrected chi connectivity index (χ3v) is 3.35. The maximum absolute atomic E-state index is 12.2. The number of fused-ring (bicyclic) bond motifs is 1. The molecule has 0 N–H and O–H groups in total. The fraction of sp³-hybridized carbons (Fsp3) is 0.538. The average molecular weight is 278 g/mol. The third-order valence-electron chi connectivity index (χ3n) is 3.35. The van der Waals surface area contributed by atoms with Crippen LogP contribution < -0.4 is 11.2 Å². The molecule has 0 unspecified atom stereocenters. The standard InChI is InChI=1S/C13H18N4O3/c1-9(18)6-4-5-7-17-12(19)10-11(15(2)8-14-10)16(3)13(17)20/h8H,4-7H2,1-3H3. The minimum atomic E-state index is -0.369. The fourth-order valence-electron chi connectivity index (χ4n) is 2.30. The molecule has 0 aromatic carbocycles. The maximum Gasteiger partial charge on any atom is 0.332 e. The van der Waals surface area contributed by atoms with Crippen molar-refractivity contribution < 1.29 is 4.79 Å². The number of hydrogen-bond donors (Lipinski definition) is 0. The number of ketones is 1. The molecule has 7 nitrogen and oxygen atoms in total. The smallest absolute Gasteiger partial charge is 0.320 e. The lowest BCUT2D eigenvalue weighted by Crippen LogP contribution is -2.39. The number of unbranched alkanes of at least 4 members (excludes halogenated alkanes) is 1. The van der Waals surface area contributed by atoms with Crippen molar-refractivity contribution in [1.29, 1.82) is 0 Å². The van der Waals surface area contributed by atoms with Gasteiger partial charge in [-0.15, -0.1) is 0 Å². The fourth-order valence-corrected chi connectivity index (χ4v) is 2.30. The van der Waals surface area contributed by atoms with Gasteiger partial charge in [-0.1, -0.05) is 0 Å². The summed E-state index contributed by atoms with van der Waals surface area (Å²) in [6.45, 7) is 1.84. The summed E-state index contributed by atoms with van der Waals surface area (Å²) in [5.74, 6) is 0.116. The Hall–Kier alpha value is -2.18. The number of hydrogen-bond acceptors (Lipinski definition) is 4. The number of nitrogens with zero attached hydrogens (tertiary/aromatic N) is 4. The second-order valence-electron chi connectivity index (χ2n) is 4.99. The van der Waals surface area contributed by atoms with Gasteiger partial charge in [-0.3, -0.25) is 13.9 Å². The Labute approximate surface area is 115 Å². The molecule has 2 rings (SSSR count). The van der Waals surface area contributed by atoms with Crippen LogP contribution in [-0.4, -0.2) is 24.5 Å². The van der Waals surface area contributed by atoms with E-state index in [9.17, 15) is 14.4 Å². The van der Waals surface area contributed by atoms with Gasteiger partial charge in [0.15, 0.2) is 5.52 Å². The molecule has 2 aromatic rings. The van der Waals surface area contributed by atoms with Crippen LogP contribution in [0, 0.1) is 0 Å². The van der Waals surface area contributed by atoms with Crippen molar-refractivity contribution in [3.8, 4) is 0 Å². The lowest BCUT2D eigenvalue weighted by Gasteiger charge is -2.08. The van der Waals surface area contributed by atoms with Crippen molar-refractivity contribution in [3.63, 3.8) is 0 Å². The van der Waals surface area contributed by atoms with Crippen molar-refractivity contribution in [3.05, 3.63) is 27.2 Å². The zero-order chi connectivity index (χ0) is 14.9. The summed E-state index contributed by atoms with van der Waals surface area (Å²) in [6, 6.07) is 0. The van der Waals surface area contributed by atoms with E-state index in [2.05, 4.69) is 4.98 Å². The normalized spacial score (nSPS) is 11.2. The molecule has 0 fully saturated rings. The highest BCUT2D eigenvalue weighted by Crippen LogP contribution is 2.04. The number of aryl methyl sites for hydroxylation is 2. The van der Waals surface area contributed by atoms with Crippen LogP contribution in [0.5, 0.6) is 0 Å². The van der Waals surface area contributed by atoms with E-state index >= 15 is 0 Å². The second-order valence-corrected chi connectivity index (χ2v) is 4.99. The van der Waals surface area contributed by atoms with Crippen LogP contribution in [-0.2, 0) is 25.4 Å². The molecular formula is C13H18N4O3. The van der Waals surface area contributed by atoms with Gasteiger partial charge >= 0.3 is 5.69 Å². The molecule has 2 aromatic heterocycles. The van der Waals surface area contributed by atoms with Gasteiger partial charge in [0, 0.05) is 27.1 Å². The van der Waals surface area contributed by atoms with Crippen molar-refractivity contribution in [2.75, 3.05) is 0 Å². The van der Waals surface area contributed by atoms with E-state index in [0.29, 0.717) is 37.0 Å². The number of imidazole rings is 1. The van der Waals surface area contributed by atoms with Gasteiger partial charge in [-0.25, -0.2) is 9.78 Å². The molecule has 0 spiro atoms. The molecule has 7 heteroatoms. The Morgan fingerprint density at radius 1 is 1.25 bits per heavy atom. The maximum atomic E-state index is 12.2. The predicted octanol–water partition coefficient (Wildman–Crippen LogP) is 0.193. The monoisotopic (exact) mass is 278 g/mol. The lowest BCUT2D eigenvalue weighted by molar-refractivity contribution is -0.117. The molecule has 0 saturated heterocycles. The summed E-state index contributed by atoms with van der Waals surface area (Å²) < 4.78 is 4.27. The zero-order valence-corrected chi connectivity index (χ0v) is 11.9. The lowest BCUT2D eigenvalue weighted by atomic mass is 10.2. The van der Waals surface area contributed by atoms with Crippen molar-refractivity contribution >= 4 is 16.9 Å². The van der Waals surface area contributed by atoms with E-state index in [1.54, 1.807) is 18.7 Å². The summed E-state index contributed by atoms with van der Waals surface area (Å²) in [5, 5.41) is 0.